The van der Waals surface area contributed by atoms with Gasteiger partial charge in [-0.1, -0.05) is 36.9 Å². The maximum absolute atomic E-state index is 6.39. The molecule has 2 aromatic carbocycles. The summed E-state index contributed by atoms with van der Waals surface area (Å²) in [6.45, 7) is 10.5. The normalized spacial score (nSPS) is 19.2. The minimum absolute atomic E-state index is 0.762. The molecular formula is C28H34N3OSi+. The molecular weight excluding hydrogens is 422 g/mol. The van der Waals surface area contributed by atoms with E-state index in [1.807, 2.05) is 6.07 Å². The smallest absolute Gasteiger partial charge is 0.199 e. The van der Waals surface area contributed by atoms with Gasteiger partial charge in [0.05, 0.1) is 13.2 Å². The van der Waals surface area contributed by atoms with Gasteiger partial charge in [0.2, 0.25) is 0 Å². The van der Waals surface area contributed by atoms with Crippen LogP contribution in [0.3, 0.4) is 0 Å². The van der Waals surface area contributed by atoms with Gasteiger partial charge in [-0.15, -0.1) is 0 Å². The third kappa shape index (κ3) is 3.69. The lowest BCUT2D eigenvalue weighted by molar-refractivity contribution is -0.462. The molecule has 0 unspecified atom stereocenters. The van der Waals surface area contributed by atoms with Crippen LogP contribution >= 0.6 is 0 Å². The number of nitrogens with two attached hydrogens (primary N) is 1. The van der Waals surface area contributed by atoms with E-state index in [0.717, 1.165) is 32.0 Å². The third-order valence-corrected chi connectivity index (χ3v) is 10.7. The highest BCUT2D eigenvalue weighted by Crippen LogP contribution is 2.44. The van der Waals surface area contributed by atoms with Crippen molar-refractivity contribution in [2.75, 3.05) is 51.0 Å². The number of hydrogen-bond acceptors (Lipinski definition) is 3. The van der Waals surface area contributed by atoms with Gasteiger partial charge in [-0.05, 0) is 58.3 Å². The Morgan fingerprint density at radius 1 is 0.970 bits per heavy atom. The van der Waals surface area contributed by atoms with E-state index in [1.54, 1.807) is 0 Å². The van der Waals surface area contributed by atoms with E-state index in [-0.39, 0.29) is 0 Å². The van der Waals surface area contributed by atoms with Gasteiger partial charge in [0.25, 0.3) is 0 Å². The zero-order valence-electron chi connectivity index (χ0n) is 20.4. The van der Waals surface area contributed by atoms with Crippen molar-refractivity contribution >= 4 is 35.9 Å². The molecule has 2 aromatic rings. The Hall–Kier alpha value is -2.89. The minimum atomic E-state index is -1.90. The molecule has 5 rings (SSSR count). The molecule has 1 aliphatic carbocycles. The number of ether oxygens (including phenoxy) is 1. The van der Waals surface area contributed by atoms with Crippen LogP contribution in [0.15, 0.2) is 65.4 Å². The van der Waals surface area contributed by atoms with Crippen LogP contribution in [0.2, 0.25) is 13.1 Å². The summed E-state index contributed by atoms with van der Waals surface area (Å²) in [6, 6.07) is 13.4. The van der Waals surface area contributed by atoms with Crippen molar-refractivity contribution < 1.29 is 9.31 Å². The van der Waals surface area contributed by atoms with Crippen LogP contribution in [0, 0.1) is 6.92 Å². The van der Waals surface area contributed by atoms with Crippen molar-refractivity contribution in [1.82, 2.24) is 0 Å². The summed E-state index contributed by atoms with van der Waals surface area (Å²) in [5.41, 5.74) is 16.3. The van der Waals surface area contributed by atoms with Gasteiger partial charge in [0.1, 0.15) is 22.2 Å². The Bertz CT molecular complexity index is 1260. The van der Waals surface area contributed by atoms with E-state index < -0.39 is 8.07 Å². The summed E-state index contributed by atoms with van der Waals surface area (Å²) in [7, 11) is 2.34. The molecule has 170 valence electrons. The number of aryl methyl sites for hydroxylation is 1. The summed E-state index contributed by atoms with van der Waals surface area (Å²) >= 11 is 0. The van der Waals surface area contributed by atoms with Crippen LogP contribution in [-0.2, 0) is 4.74 Å². The summed E-state index contributed by atoms with van der Waals surface area (Å²) in [4.78, 5) is 2.45. The number of benzene rings is 2. The summed E-state index contributed by atoms with van der Waals surface area (Å²) < 4.78 is 7.85. The molecule has 0 radical (unpaired) electrons. The Balaban J connectivity index is 1.84. The van der Waals surface area contributed by atoms with E-state index in [1.165, 1.54) is 49.6 Å². The lowest BCUT2D eigenvalue weighted by atomic mass is 9.88. The van der Waals surface area contributed by atoms with Crippen LogP contribution in [0.25, 0.3) is 5.57 Å². The average Bonchev–Trinajstić information content (AvgIpc) is 2.80. The molecule has 0 spiro atoms. The number of nitrogen functional groups attached to an aromatic ring is 1. The number of morpholine rings is 1. The topological polar surface area (TPSA) is 41.5 Å². The highest BCUT2D eigenvalue weighted by molar-refractivity contribution is 6.98. The third-order valence-electron chi connectivity index (χ3n) is 7.22. The van der Waals surface area contributed by atoms with Gasteiger partial charge in [-0.2, -0.15) is 0 Å². The monoisotopic (exact) mass is 456 g/mol. The molecule has 0 saturated carbocycles. The SMILES string of the molecule is Cc1ccc2c(c1)[Si](C)(C)C1=CC(=[N+](C)C)C=CC1=C2c1cc(N)ccc1N1CCOCC1. The highest BCUT2D eigenvalue weighted by Gasteiger charge is 2.40. The molecule has 0 amide bonds. The number of rotatable bonds is 2. The number of anilines is 2. The molecule has 2 N–H and O–H groups in total. The molecule has 5 heteroatoms. The quantitative estimate of drug-likeness (QED) is 0.423. The van der Waals surface area contributed by atoms with Crippen LogP contribution in [0.4, 0.5) is 11.4 Å². The average molecular weight is 457 g/mol. The molecule has 0 bridgehead atoms. The standard InChI is InChI=1S/C28H34N3OSi/c1-19-6-9-22-26(16-19)33(4,5)27-18-21(30(2)3)8-10-23(27)28(22)24-17-20(29)7-11-25(24)31-12-14-32-15-13-31/h6-11,16-18H,12-15,29H2,1-5H3/q+1. The van der Waals surface area contributed by atoms with Gasteiger partial charge in [0, 0.05) is 42.2 Å². The van der Waals surface area contributed by atoms with Crippen molar-refractivity contribution in [1.29, 1.82) is 0 Å². The van der Waals surface area contributed by atoms with Crippen molar-refractivity contribution in [2.24, 2.45) is 0 Å². The lowest BCUT2D eigenvalue weighted by Gasteiger charge is -2.39. The predicted molar refractivity (Wildman–Crippen MR) is 143 cm³/mol. The second-order valence-electron chi connectivity index (χ2n) is 10.0. The molecule has 1 saturated heterocycles. The van der Waals surface area contributed by atoms with Crippen molar-refractivity contribution in [3.05, 3.63) is 82.1 Å². The first-order valence-corrected chi connectivity index (χ1v) is 14.8. The first-order valence-electron chi connectivity index (χ1n) is 11.8. The Labute approximate surface area is 198 Å². The van der Waals surface area contributed by atoms with Crippen molar-refractivity contribution in [2.45, 2.75) is 20.0 Å². The highest BCUT2D eigenvalue weighted by atomic mass is 28.3. The van der Waals surface area contributed by atoms with Gasteiger partial charge in [-0.3, -0.25) is 0 Å². The van der Waals surface area contributed by atoms with Crippen LogP contribution in [0.5, 0.6) is 0 Å². The zero-order valence-corrected chi connectivity index (χ0v) is 21.4. The van der Waals surface area contributed by atoms with E-state index in [4.69, 9.17) is 10.5 Å². The first-order chi connectivity index (χ1) is 15.8. The van der Waals surface area contributed by atoms with E-state index in [2.05, 4.69) is 92.1 Å². The lowest BCUT2D eigenvalue weighted by Crippen LogP contribution is -2.49. The largest absolute Gasteiger partial charge is 0.399 e. The second-order valence-corrected chi connectivity index (χ2v) is 14.4. The predicted octanol–water partition coefficient (Wildman–Crippen LogP) is 3.89. The Morgan fingerprint density at radius 2 is 1.73 bits per heavy atom. The fraction of sp³-hybridized carbons (Fsp3) is 0.321. The molecule has 4 nitrogen and oxygen atoms in total. The number of nitrogens with zero attached hydrogens (tertiary/aromatic N) is 2. The number of allylic oxidation sites excluding steroid dienone is 5. The second kappa shape index (κ2) is 8.15. The Kier molecular flexibility index (Phi) is 5.42. The summed E-state index contributed by atoms with van der Waals surface area (Å²) in [5, 5.41) is 3.01. The van der Waals surface area contributed by atoms with Gasteiger partial charge in [-0.25, -0.2) is 4.58 Å². The number of hydrogen-bond donors (Lipinski definition) is 1. The Morgan fingerprint density at radius 3 is 2.45 bits per heavy atom. The first kappa shape index (κ1) is 21.9. The molecule has 33 heavy (non-hydrogen) atoms. The molecule has 0 atom stereocenters. The van der Waals surface area contributed by atoms with Gasteiger partial charge in [0.15, 0.2) is 5.71 Å². The van der Waals surface area contributed by atoms with Gasteiger partial charge >= 0.3 is 0 Å². The van der Waals surface area contributed by atoms with Crippen LogP contribution < -0.4 is 15.8 Å². The number of fused-ring (bicyclic) bond motifs is 2. The fourth-order valence-electron chi connectivity index (χ4n) is 5.35. The molecule has 1 fully saturated rings. The molecule has 2 aliphatic heterocycles. The van der Waals surface area contributed by atoms with E-state index >= 15 is 0 Å². The van der Waals surface area contributed by atoms with E-state index in [9.17, 15) is 0 Å². The minimum Gasteiger partial charge on any atom is -0.399 e. The zero-order chi connectivity index (χ0) is 23.3. The van der Waals surface area contributed by atoms with E-state index in [0.29, 0.717) is 0 Å². The van der Waals surface area contributed by atoms with Crippen molar-refractivity contribution in [3.63, 3.8) is 0 Å². The molecule has 3 aliphatic rings. The maximum Gasteiger partial charge on any atom is 0.199 e. The van der Waals surface area contributed by atoms with Crippen LogP contribution in [0.1, 0.15) is 16.7 Å². The van der Waals surface area contributed by atoms with Crippen molar-refractivity contribution in [3.8, 4) is 0 Å². The summed E-state index contributed by atoms with van der Waals surface area (Å²) in [6.07, 6.45) is 7.01. The molecule has 0 aromatic heterocycles. The van der Waals surface area contributed by atoms with Crippen LogP contribution in [-0.4, -0.2) is 58.8 Å². The fourth-order valence-corrected chi connectivity index (χ4v) is 8.50. The molecule has 2 heterocycles. The van der Waals surface area contributed by atoms with Gasteiger partial charge < -0.3 is 15.4 Å². The summed E-state index contributed by atoms with van der Waals surface area (Å²) in [5.74, 6) is 0. The maximum atomic E-state index is 6.39.